The lowest BCUT2D eigenvalue weighted by Crippen LogP contribution is -2.45. The van der Waals surface area contributed by atoms with Crippen LogP contribution in [0.15, 0.2) is 23.3 Å². The molecule has 0 aliphatic carbocycles. The molecule has 21 heavy (non-hydrogen) atoms. The Morgan fingerprint density at radius 3 is 2.81 bits per heavy atom. The lowest BCUT2D eigenvalue weighted by Gasteiger charge is -2.36. The summed E-state index contributed by atoms with van der Waals surface area (Å²) in [4.78, 5) is 24.0. The van der Waals surface area contributed by atoms with Crippen LogP contribution >= 0.6 is 0 Å². The van der Waals surface area contributed by atoms with E-state index in [1.54, 1.807) is 10.9 Å². The van der Waals surface area contributed by atoms with Crippen LogP contribution in [0.1, 0.15) is 11.9 Å². The summed E-state index contributed by atoms with van der Waals surface area (Å²) in [5.41, 5.74) is 1.40. The summed E-state index contributed by atoms with van der Waals surface area (Å²) in [5.74, 6) is 0.718. The second-order valence-corrected chi connectivity index (χ2v) is 5.68. The summed E-state index contributed by atoms with van der Waals surface area (Å²) < 4.78 is 1.71. The van der Waals surface area contributed by atoms with Gasteiger partial charge in [0.25, 0.3) is 5.56 Å². The zero-order valence-electron chi connectivity index (χ0n) is 12.6. The number of nitrogens with one attached hydrogen (secondary N) is 1. The van der Waals surface area contributed by atoms with Gasteiger partial charge in [0.2, 0.25) is 0 Å². The SMILES string of the molecule is CN1CCN(C)C(c2nc(-c3cnn(C)c3)cc(=O)[nH]2)C1. The molecule has 0 saturated carbocycles. The van der Waals surface area contributed by atoms with E-state index in [1.807, 2.05) is 13.2 Å². The number of hydrogen-bond donors (Lipinski definition) is 1. The Morgan fingerprint density at radius 2 is 2.10 bits per heavy atom. The number of rotatable bonds is 2. The van der Waals surface area contributed by atoms with Gasteiger partial charge in [-0.3, -0.25) is 14.4 Å². The number of aryl methyl sites for hydroxylation is 1. The molecule has 3 rings (SSSR count). The van der Waals surface area contributed by atoms with E-state index >= 15 is 0 Å². The Hall–Kier alpha value is -1.99. The summed E-state index contributed by atoms with van der Waals surface area (Å²) in [5, 5.41) is 4.14. The summed E-state index contributed by atoms with van der Waals surface area (Å²) in [6, 6.07) is 1.63. The van der Waals surface area contributed by atoms with Gasteiger partial charge in [-0.1, -0.05) is 0 Å². The molecule has 0 radical (unpaired) electrons. The van der Waals surface area contributed by atoms with E-state index in [-0.39, 0.29) is 11.6 Å². The van der Waals surface area contributed by atoms with Crippen LogP contribution in [0.25, 0.3) is 11.3 Å². The fourth-order valence-corrected chi connectivity index (χ4v) is 2.64. The van der Waals surface area contributed by atoms with Crippen LogP contribution in [0.4, 0.5) is 0 Å². The molecule has 1 aliphatic rings. The molecular formula is C14H20N6O. The molecule has 1 fully saturated rings. The molecule has 7 nitrogen and oxygen atoms in total. The molecular weight excluding hydrogens is 268 g/mol. The maximum atomic E-state index is 12.0. The molecule has 0 aromatic carbocycles. The molecule has 2 aromatic heterocycles. The Morgan fingerprint density at radius 1 is 1.29 bits per heavy atom. The topological polar surface area (TPSA) is 70.1 Å². The van der Waals surface area contributed by atoms with Crippen LogP contribution in [0.2, 0.25) is 0 Å². The summed E-state index contributed by atoms with van der Waals surface area (Å²) in [7, 11) is 6.00. The molecule has 1 atom stereocenters. The first-order chi connectivity index (χ1) is 10.0. The predicted octanol–water partition coefficient (Wildman–Crippen LogP) is 0.0887. The van der Waals surface area contributed by atoms with E-state index in [9.17, 15) is 4.79 Å². The molecule has 7 heteroatoms. The number of aromatic nitrogens is 4. The number of nitrogens with zero attached hydrogens (tertiary/aromatic N) is 5. The van der Waals surface area contributed by atoms with E-state index in [0.717, 1.165) is 31.0 Å². The summed E-state index contributed by atoms with van der Waals surface area (Å²) in [6.07, 6.45) is 3.59. The Bertz CT molecular complexity index is 691. The van der Waals surface area contributed by atoms with Gasteiger partial charge in [0.05, 0.1) is 17.9 Å². The molecule has 1 unspecified atom stereocenters. The monoisotopic (exact) mass is 288 g/mol. The van der Waals surface area contributed by atoms with E-state index in [2.05, 4.69) is 39.0 Å². The molecule has 1 N–H and O–H groups in total. The zero-order valence-corrected chi connectivity index (χ0v) is 12.6. The first-order valence-electron chi connectivity index (χ1n) is 7.02. The van der Waals surface area contributed by atoms with Crippen molar-refractivity contribution in [3.05, 3.63) is 34.6 Å². The van der Waals surface area contributed by atoms with Crippen molar-refractivity contribution in [1.82, 2.24) is 29.5 Å². The number of H-pyrrole nitrogens is 1. The van der Waals surface area contributed by atoms with Crippen molar-refractivity contribution in [3.63, 3.8) is 0 Å². The molecule has 3 heterocycles. The third-order valence-corrected chi connectivity index (χ3v) is 3.93. The summed E-state index contributed by atoms with van der Waals surface area (Å²) >= 11 is 0. The molecule has 112 valence electrons. The molecule has 2 aromatic rings. The normalized spacial score (nSPS) is 20.8. The predicted molar refractivity (Wildman–Crippen MR) is 79.9 cm³/mol. The van der Waals surface area contributed by atoms with Gasteiger partial charge < -0.3 is 9.88 Å². The Labute approximate surface area is 123 Å². The van der Waals surface area contributed by atoms with Gasteiger partial charge in [0, 0.05) is 44.5 Å². The average Bonchev–Trinajstić information content (AvgIpc) is 2.87. The van der Waals surface area contributed by atoms with Crippen LogP contribution in [-0.4, -0.2) is 63.3 Å². The fourth-order valence-electron chi connectivity index (χ4n) is 2.64. The molecule has 0 spiro atoms. The minimum atomic E-state index is -0.125. The summed E-state index contributed by atoms with van der Waals surface area (Å²) in [6.45, 7) is 2.84. The molecule has 1 aliphatic heterocycles. The fraction of sp³-hybridized carbons (Fsp3) is 0.500. The van der Waals surface area contributed by atoms with Crippen molar-refractivity contribution in [1.29, 1.82) is 0 Å². The highest BCUT2D eigenvalue weighted by molar-refractivity contribution is 5.56. The second-order valence-electron chi connectivity index (χ2n) is 5.68. The minimum Gasteiger partial charge on any atom is -0.309 e. The second kappa shape index (κ2) is 5.42. The molecule has 1 saturated heterocycles. The Kier molecular flexibility index (Phi) is 3.60. The number of likely N-dealkylation sites (N-methyl/N-ethyl adjacent to an activating group) is 2. The molecule has 0 bridgehead atoms. The number of piperazine rings is 1. The standard InChI is InChI=1S/C14H20N6O/c1-18-4-5-19(2)12(9-18)14-16-11(6-13(21)17-14)10-7-15-20(3)8-10/h6-8,12H,4-5,9H2,1-3H3,(H,16,17,21). The first-order valence-corrected chi connectivity index (χ1v) is 7.02. The van der Waals surface area contributed by atoms with Crippen molar-refractivity contribution in [3.8, 4) is 11.3 Å². The van der Waals surface area contributed by atoms with E-state index in [4.69, 9.17) is 0 Å². The third-order valence-electron chi connectivity index (χ3n) is 3.93. The van der Waals surface area contributed by atoms with Crippen molar-refractivity contribution in [2.75, 3.05) is 33.7 Å². The van der Waals surface area contributed by atoms with Gasteiger partial charge in [0.1, 0.15) is 5.82 Å². The van der Waals surface area contributed by atoms with Gasteiger partial charge in [-0.25, -0.2) is 4.98 Å². The smallest absolute Gasteiger partial charge is 0.251 e. The number of aromatic amines is 1. The van der Waals surface area contributed by atoms with Gasteiger partial charge in [0.15, 0.2) is 0 Å². The van der Waals surface area contributed by atoms with Crippen molar-refractivity contribution in [2.45, 2.75) is 6.04 Å². The highest BCUT2D eigenvalue weighted by Gasteiger charge is 2.26. The highest BCUT2D eigenvalue weighted by atomic mass is 16.1. The van der Waals surface area contributed by atoms with Crippen LogP contribution in [0.3, 0.4) is 0 Å². The van der Waals surface area contributed by atoms with Crippen molar-refractivity contribution < 1.29 is 0 Å². The van der Waals surface area contributed by atoms with Crippen LogP contribution in [0.5, 0.6) is 0 Å². The lowest BCUT2D eigenvalue weighted by atomic mass is 10.1. The maximum Gasteiger partial charge on any atom is 0.251 e. The quantitative estimate of drug-likeness (QED) is 0.848. The Balaban J connectivity index is 1.99. The van der Waals surface area contributed by atoms with Crippen molar-refractivity contribution in [2.24, 2.45) is 7.05 Å². The van der Waals surface area contributed by atoms with E-state index < -0.39 is 0 Å². The van der Waals surface area contributed by atoms with E-state index in [1.165, 1.54) is 6.07 Å². The van der Waals surface area contributed by atoms with Gasteiger partial charge in [-0.15, -0.1) is 0 Å². The highest BCUT2D eigenvalue weighted by Crippen LogP contribution is 2.22. The van der Waals surface area contributed by atoms with E-state index in [0.29, 0.717) is 5.69 Å². The minimum absolute atomic E-state index is 0.105. The van der Waals surface area contributed by atoms with Gasteiger partial charge in [-0.05, 0) is 14.1 Å². The third kappa shape index (κ3) is 2.88. The van der Waals surface area contributed by atoms with Crippen LogP contribution < -0.4 is 5.56 Å². The first kappa shape index (κ1) is 14.0. The van der Waals surface area contributed by atoms with Gasteiger partial charge >= 0.3 is 0 Å². The largest absolute Gasteiger partial charge is 0.309 e. The van der Waals surface area contributed by atoms with Crippen LogP contribution in [0, 0.1) is 0 Å². The van der Waals surface area contributed by atoms with Gasteiger partial charge in [-0.2, -0.15) is 5.10 Å². The lowest BCUT2D eigenvalue weighted by molar-refractivity contribution is 0.109. The van der Waals surface area contributed by atoms with Crippen LogP contribution in [-0.2, 0) is 7.05 Å². The average molecular weight is 288 g/mol. The maximum absolute atomic E-state index is 12.0. The van der Waals surface area contributed by atoms with Crippen molar-refractivity contribution >= 4 is 0 Å². The number of hydrogen-bond acceptors (Lipinski definition) is 5. The molecule has 0 amide bonds. The zero-order chi connectivity index (χ0) is 15.0.